The van der Waals surface area contributed by atoms with Crippen LogP contribution in [-0.4, -0.2) is 28.2 Å². The lowest BCUT2D eigenvalue weighted by atomic mass is 10.1. The van der Waals surface area contributed by atoms with Crippen molar-refractivity contribution in [2.45, 2.75) is 43.5 Å². The Morgan fingerprint density at radius 2 is 1.75 bits per heavy atom. The van der Waals surface area contributed by atoms with Gasteiger partial charge in [0.2, 0.25) is 0 Å². The Kier molecular flexibility index (Phi) is 6.67. The minimum Gasteiger partial charge on any atom is -0.331 e. The van der Waals surface area contributed by atoms with Gasteiger partial charge in [0.05, 0.1) is 6.04 Å². The fraction of sp³-hybridized carbons (Fsp3) is 0.368. The number of carbonyl (C=O) groups excluding carboxylic acids is 1. The molecule has 0 spiro atoms. The van der Waals surface area contributed by atoms with Gasteiger partial charge in [0.15, 0.2) is 0 Å². The molecule has 4 nitrogen and oxygen atoms in total. The second kappa shape index (κ2) is 8.73. The van der Waals surface area contributed by atoms with Crippen molar-refractivity contribution in [2.24, 2.45) is 0 Å². The van der Waals surface area contributed by atoms with Crippen LogP contribution in [0.4, 0.5) is 4.79 Å². The molecule has 1 heterocycles. The summed E-state index contributed by atoms with van der Waals surface area (Å²) >= 11 is 1.84. The van der Waals surface area contributed by atoms with Crippen molar-refractivity contribution in [3.05, 3.63) is 59.9 Å². The van der Waals surface area contributed by atoms with Crippen LogP contribution in [0.1, 0.15) is 37.9 Å². The highest BCUT2D eigenvalue weighted by molar-refractivity contribution is 7.99. The zero-order chi connectivity index (χ0) is 17.5. The van der Waals surface area contributed by atoms with E-state index in [0.717, 1.165) is 11.1 Å². The summed E-state index contributed by atoms with van der Waals surface area (Å²) in [4.78, 5) is 19.3. The van der Waals surface area contributed by atoms with Gasteiger partial charge in [-0.2, -0.15) is 0 Å². The quantitative estimate of drug-likeness (QED) is 0.786. The first-order valence-corrected chi connectivity index (χ1v) is 9.01. The second-order valence-electron chi connectivity index (χ2n) is 6.12. The molecule has 2 rings (SSSR count). The molecule has 0 radical (unpaired) electrons. The van der Waals surface area contributed by atoms with Gasteiger partial charge < -0.3 is 10.2 Å². The lowest BCUT2D eigenvalue weighted by Gasteiger charge is -2.22. The Hall–Kier alpha value is -2.01. The number of urea groups is 1. The maximum absolute atomic E-state index is 12.3. The van der Waals surface area contributed by atoms with Gasteiger partial charge in [-0.25, -0.2) is 4.79 Å². The topological polar surface area (TPSA) is 45.2 Å². The standard InChI is InChI=1S/C19H25N3OS/c1-14(2)24-18-7-5-17(6-8-18)15(3)21-19(23)22(4)13-16-9-11-20-12-10-16/h5-12,14-15H,13H2,1-4H3,(H,21,23)/t15-/m1/s1. The van der Waals surface area contributed by atoms with E-state index in [1.54, 1.807) is 24.3 Å². The fourth-order valence-electron chi connectivity index (χ4n) is 2.32. The Balaban J connectivity index is 1.90. The Labute approximate surface area is 148 Å². The van der Waals surface area contributed by atoms with E-state index >= 15 is 0 Å². The molecule has 2 amide bonds. The van der Waals surface area contributed by atoms with E-state index in [1.807, 2.05) is 30.8 Å². The van der Waals surface area contributed by atoms with Crippen molar-refractivity contribution in [2.75, 3.05) is 7.05 Å². The van der Waals surface area contributed by atoms with E-state index in [1.165, 1.54) is 4.90 Å². The van der Waals surface area contributed by atoms with E-state index in [2.05, 4.69) is 48.4 Å². The number of benzene rings is 1. The number of carbonyl (C=O) groups is 1. The molecule has 2 aromatic rings. The summed E-state index contributed by atoms with van der Waals surface area (Å²) in [6.07, 6.45) is 3.47. The molecule has 1 N–H and O–H groups in total. The van der Waals surface area contributed by atoms with Crippen LogP contribution in [0.15, 0.2) is 53.7 Å². The average Bonchev–Trinajstić information content (AvgIpc) is 2.55. The predicted molar refractivity (Wildman–Crippen MR) is 100 cm³/mol. The molecule has 5 heteroatoms. The monoisotopic (exact) mass is 343 g/mol. The molecular formula is C19H25N3OS. The molecule has 0 unspecified atom stereocenters. The summed E-state index contributed by atoms with van der Waals surface area (Å²) in [7, 11) is 1.80. The Morgan fingerprint density at radius 1 is 1.12 bits per heavy atom. The molecule has 0 aliphatic rings. The van der Waals surface area contributed by atoms with Crippen molar-refractivity contribution < 1.29 is 4.79 Å². The molecular weight excluding hydrogens is 318 g/mol. The Bertz CT molecular complexity index is 643. The number of nitrogens with zero attached hydrogens (tertiary/aromatic N) is 2. The van der Waals surface area contributed by atoms with Crippen molar-refractivity contribution in [1.29, 1.82) is 0 Å². The first kappa shape index (κ1) is 18.3. The first-order valence-electron chi connectivity index (χ1n) is 8.13. The third-order valence-corrected chi connectivity index (χ3v) is 4.62. The van der Waals surface area contributed by atoms with Crippen molar-refractivity contribution in [3.63, 3.8) is 0 Å². The smallest absolute Gasteiger partial charge is 0.317 e. The Morgan fingerprint density at radius 3 is 2.33 bits per heavy atom. The zero-order valence-electron chi connectivity index (χ0n) is 14.7. The van der Waals surface area contributed by atoms with Crippen molar-refractivity contribution in [3.8, 4) is 0 Å². The number of nitrogens with one attached hydrogen (secondary N) is 1. The number of rotatable bonds is 6. The summed E-state index contributed by atoms with van der Waals surface area (Å²) < 4.78 is 0. The van der Waals surface area contributed by atoms with Gasteiger partial charge in [-0.15, -0.1) is 11.8 Å². The molecule has 1 aromatic carbocycles. The maximum atomic E-state index is 12.3. The average molecular weight is 343 g/mol. The zero-order valence-corrected chi connectivity index (χ0v) is 15.5. The highest BCUT2D eigenvalue weighted by Gasteiger charge is 2.13. The molecule has 0 aliphatic carbocycles. The van der Waals surface area contributed by atoms with Crippen LogP contribution in [0, 0.1) is 0 Å². The van der Waals surface area contributed by atoms with Gasteiger partial charge in [0.25, 0.3) is 0 Å². The minimum atomic E-state index is -0.0834. The summed E-state index contributed by atoms with van der Waals surface area (Å²) in [6, 6.07) is 12.1. The van der Waals surface area contributed by atoms with Crippen LogP contribution in [0.5, 0.6) is 0 Å². The molecule has 0 saturated carbocycles. The number of pyridine rings is 1. The lowest BCUT2D eigenvalue weighted by Crippen LogP contribution is -2.38. The van der Waals surface area contributed by atoms with Crippen LogP contribution < -0.4 is 5.32 Å². The summed E-state index contributed by atoms with van der Waals surface area (Å²) in [5.74, 6) is 0. The predicted octanol–water partition coefficient (Wildman–Crippen LogP) is 4.48. The highest BCUT2D eigenvalue weighted by Crippen LogP contribution is 2.24. The number of aromatic nitrogens is 1. The molecule has 0 saturated heterocycles. The van der Waals surface area contributed by atoms with Gasteiger partial charge in [-0.1, -0.05) is 26.0 Å². The number of hydrogen-bond donors (Lipinski definition) is 1. The van der Waals surface area contributed by atoms with Gasteiger partial charge in [-0.05, 0) is 42.3 Å². The third-order valence-electron chi connectivity index (χ3n) is 3.61. The molecule has 1 aromatic heterocycles. The third kappa shape index (κ3) is 5.57. The molecule has 128 valence electrons. The largest absolute Gasteiger partial charge is 0.331 e. The minimum absolute atomic E-state index is 0.0320. The molecule has 0 fully saturated rings. The molecule has 0 bridgehead atoms. The van der Waals surface area contributed by atoms with E-state index in [-0.39, 0.29) is 12.1 Å². The van der Waals surface area contributed by atoms with Gasteiger partial charge in [0.1, 0.15) is 0 Å². The van der Waals surface area contributed by atoms with Crippen LogP contribution in [-0.2, 0) is 6.54 Å². The summed E-state index contributed by atoms with van der Waals surface area (Å²) in [5.41, 5.74) is 2.17. The maximum Gasteiger partial charge on any atom is 0.317 e. The van der Waals surface area contributed by atoms with Gasteiger partial charge >= 0.3 is 6.03 Å². The number of amides is 2. The number of hydrogen-bond acceptors (Lipinski definition) is 3. The van der Waals surface area contributed by atoms with E-state index < -0.39 is 0 Å². The molecule has 24 heavy (non-hydrogen) atoms. The lowest BCUT2D eigenvalue weighted by molar-refractivity contribution is 0.203. The molecule has 0 aliphatic heterocycles. The first-order chi connectivity index (χ1) is 11.5. The van der Waals surface area contributed by atoms with E-state index in [9.17, 15) is 4.79 Å². The number of thioether (sulfide) groups is 1. The van der Waals surface area contributed by atoms with Crippen molar-refractivity contribution >= 4 is 17.8 Å². The SMILES string of the molecule is CC(C)Sc1ccc([C@@H](C)NC(=O)N(C)Cc2ccncc2)cc1. The van der Waals surface area contributed by atoms with Crippen LogP contribution >= 0.6 is 11.8 Å². The van der Waals surface area contributed by atoms with Crippen LogP contribution in [0.2, 0.25) is 0 Å². The normalized spacial score (nSPS) is 12.0. The van der Waals surface area contributed by atoms with Crippen LogP contribution in [0.3, 0.4) is 0 Å². The fourth-order valence-corrected chi connectivity index (χ4v) is 3.16. The van der Waals surface area contributed by atoms with Crippen LogP contribution in [0.25, 0.3) is 0 Å². The van der Waals surface area contributed by atoms with E-state index in [0.29, 0.717) is 11.8 Å². The van der Waals surface area contributed by atoms with E-state index in [4.69, 9.17) is 0 Å². The van der Waals surface area contributed by atoms with Gasteiger partial charge in [-0.3, -0.25) is 4.98 Å². The van der Waals surface area contributed by atoms with Crippen molar-refractivity contribution in [1.82, 2.24) is 15.2 Å². The summed E-state index contributed by atoms with van der Waals surface area (Å²) in [5, 5.41) is 3.61. The summed E-state index contributed by atoms with van der Waals surface area (Å²) in [6.45, 7) is 6.92. The molecule has 1 atom stereocenters. The highest BCUT2D eigenvalue weighted by atomic mass is 32.2. The second-order valence-corrected chi connectivity index (χ2v) is 7.77. The van der Waals surface area contributed by atoms with Gasteiger partial charge in [0, 0.05) is 36.1 Å².